The van der Waals surface area contributed by atoms with Gasteiger partial charge in [-0.15, -0.1) is 0 Å². The van der Waals surface area contributed by atoms with Gasteiger partial charge in [0, 0.05) is 24.8 Å². The van der Waals surface area contributed by atoms with Crippen LogP contribution in [-0.4, -0.2) is 39.4 Å². The molecule has 2 unspecified atom stereocenters. The van der Waals surface area contributed by atoms with Crippen LogP contribution in [0.4, 0.5) is 0 Å². The van der Waals surface area contributed by atoms with Crippen LogP contribution in [-0.2, 0) is 6.54 Å². The van der Waals surface area contributed by atoms with Crippen LogP contribution < -0.4 is 5.43 Å². The van der Waals surface area contributed by atoms with Crippen molar-refractivity contribution in [3.8, 4) is 5.75 Å². The van der Waals surface area contributed by atoms with Gasteiger partial charge in [0.05, 0.1) is 18.8 Å². The summed E-state index contributed by atoms with van der Waals surface area (Å²) in [6, 6.07) is 1.40. The molecule has 0 amide bonds. The van der Waals surface area contributed by atoms with Crippen LogP contribution in [0.3, 0.4) is 0 Å². The zero-order valence-corrected chi connectivity index (χ0v) is 13.0. The van der Waals surface area contributed by atoms with Gasteiger partial charge >= 0.3 is 0 Å². The highest BCUT2D eigenvalue weighted by molar-refractivity contribution is 5.21. The third-order valence-electron chi connectivity index (χ3n) is 4.35. The highest BCUT2D eigenvalue weighted by atomic mass is 16.3. The molecule has 118 valence electrons. The van der Waals surface area contributed by atoms with Crippen molar-refractivity contribution >= 4 is 0 Å². The van der Waals surface area contributed by atoms with Gasteiger partial charge in [0.15, 0.2) is 5.75 Å². The van der Waals surface area contributed by atoms with Gasteiger partial charge < -0.3 is 14.8 Å². The van der Waals surface area contributed by atoms with Crippen molar-refractivity contribution in [2.45, 2.75) is 45.7 Å². The standard InChI is InChI=1S/C16H26N2O3/c1-3-13(11-19)18-10-16(21)15(20)7-14(18)9-17-6-4-5-12(2)8-17/h7,10,12-13,19,21H,3-6,8-9,11H2,1-2H3. The lowest BCUT2D eigenvalue weighted by atomic mass is 10.00. The summed E-state index contributed by atoms with van der Waals surface area (Å²) in [5.74, 6) is 0.425. The minimum absolute atomic E-state index is 0.00220. The molecule has 0 aliphatic carbocycles. The molecule has 1 saturated heterocycles. The van der Waals surface area contributed by atoms with Crippen LogP contribution in [0.5, 0.6) is 5.75 Å². The first kappa shape index (κ1) is 16.0. The van der Waals surface area contributed by atoms with E-state index in [1.165, 1.54) is 25.1 Å². The van der Waals surface area contributed by atoms with Crippen molar-refractivity contribution < 1.29 is 10.2 Å². The molecular formula is C16H26N2O3. The average molecular weight is 294 g/mol. The Morgan fingerprint density at radius 2 is 2.24 bits per heavy atom. The van der Waals surface area contributed by atoms with E-state index in [-0.39, 0.29) is 23.8 Å². The quantitative estimate of drug-likeness (QED) is 0.868. The van der Waals surface area contributed by atoms with Crippen LogP contribution in [0.25, 0.3) is 0 Å². The van der Waals surface area contributed by atoms with Crippen LogP contribution >= 0.6 is 0 Å². The second kappa shape index (κ2) is 7.09. The summed E-state index contributed by atoms with van der Waals surface area (Å²) in [4.78, 5) is 14.1. The average Bonchev–Trinajstić information content (AvgIpc) is 2.45. The number of pyridine rings is 1. The highest BCUT2D eigenvalue weighted by Gasteiger charge is 2.19. The van der Waals surface area contributed by atoms with Crippen molar-refractivity contribution in [1.82, 2.24) is 9.47 Å². The zero-order chi connectivity index (χ0) is 15.4. The van der Waals surface area contributed by atoms with Crippen LogP contribution in [0.15, 0.2) is 17.1 Å². The summed E-state index contributed by atoms with van der Waals surface area (Å²) in [5.41, 5.74) is 0.520. The van der Waals surface area contributed by atoms with E-state index in [9.17, 15) is 15.0 Å². The Balaban J connectivity index is 2.28. The van der Waals surface area contributed by atoms with Crippen LogP contribution in [0.1, 0.15) is 44.8 Å². The van der Waals surface area contributed by atoms with E-state index in [4.69, 9.17) is 0 Å². The van der Waals surface area contributed by atoms with Crippen LogP contribution in [0, 0.1) is 5.92 Å². The molecule has 2 heterocycles. The zero-order valence-electron chi connectivity index (χ0n) is 13.0. The summed E-state index contributed by atoms with van der Waals surface area (Å²) >= 11 is 0. The van der Waals surface area contributed by atoms with Gasteiger partial charge in [0.1, 0.15) is 0 Å². The Labute approximate surface area is 125 Å². The number of rotatable bonds is 5. The predicted molar refractivity (Wildman–Crippen MR) is 82.5 cm³/mol. The molecule has 0 saturated carbocycles. The van der Waals surface area contributed by atoms with E-state index in [0.29, 0.717) is 12.5 Å². The topological polar surface area (TPSA) is 65.7 Å². The summed E-state index contributed by atoms with van der Waals surface area (Å²) < 4.78 is 1.86. The Bertz CT molecular complexity index is 523. The molecule has 2 N–H and O–H groups in total. The third-order valence-corrected chi connectivity index (χ3v) is 4.35. The summed E-state index contributed by atoms with van der Waals surface area (Å²) in [6.45, 7) is 7.00. The number of nitrogens with zero attached hydrogens (tertiary/aromatic N) is 2. The smallest absolute Gasteiger partial charge is 0.223 e. The molecule has 1 fully saturated rings. The molecule has 0 aromatic carbocycles. The first-order valence-electron chi connectivity index (χ1n) is 7.82. The fourth-order valence-electron chi connectivity index (χ4n) is 3.12. The fraction of sp³-hybridized carbons (Fsp3) is 0.688. The lowest BCUT2D eigenvalue weighted by Gasteiger charge is -2.32. The van der Waals surface area contributed by atoms with Gasteiger partial charge in [-0.1, -0.05) is 13.8 Å². The lowest BCUT2D eigenvalue weighted by molar-refractivity contribution is 0.166. The minimum atomic E-state index is -0.348. The molecule has 0 spiro atoms. The van der Waals surface area contributed by atoms with Crippen molar-refractivity contribution in [1.29, 1.82) is 0 Å². The van der Waals surface area contributed by atoms with Gasteiger partial charge in [-0.05, 0) is 31.7 Å². The maximum atomic E-state index is 11.8. The Morgan fingerprint density at radius 3 is 2.86 bits per heavy atom. The summed E-state index contributed by atoms with van der Waals surface area (Å²) in [5, 5.41) is 19.2. The number of hydrogen-bond acceptors (Lipinski definition) is 4. The van der Waals surface area contributed by atoms with Crippen LogP contribution in [0.2, 0.25) is 0 Å². The van der Waals surface area contributed by atoms with Gasteiger partial charge in [-0.2, -0.15) is 0 Å². The second-order valence-electron chi connectivity index (χ2n) is 6.15. The molecule has 0 bridgehead atoms. The second-order valence-corrected chi connectivity index (χ2v) is 6.15. The molecule has 5 heteroatoms. The SMILES string of the molecule is CCC(CO)n1cc(O)c(=O)cc1CN1CCCC(C)C1. The number of aromatic nitrogens is 1. The molecule has 1 aliphatic heterocycles. The molecule has 1 aromatic heterocycles. The van der Waals surface area contributed by atoms with E-state index >= 15 is 0 Å². The van der Waals surface area contributed by atoms with E-state index in [1.54, 1.807) is 0 Å². The van der Waals surface area contributed by atoms with E-state index in [0.717, 1.165) is 25.2 Å². The molecule has 1 aromatic rings. The largest absolute Gasteiger partial charge is 0.503 e. The van der Waals surface area contributed by atoms with E-state index < -0.39 is 0 Å². The molecule has 1 aliphatic rings. The number of aromatic hydroxyl groups is 1. The predicted octanol–water partition coefficient (Wildman–Crippen LogP) is 1.73. The Kier molecular flexibility index (Phi) is 5.42. The molecule has 2 atom stereocenters. The highest BCUT2D eigenvalue weighted by Crippen LogP contribution is 2.21. The molecule has 2 rings (SSSR count). The monoisotopic (exact) mass is 294 g/mol. The Morgan fingerprint density at radius 1 is 1.48 bits per heavy atom. The third kappa shape index (κ3) is 3.86. The van der Waals surface area contributed by atoms with Crippen molar-refractivity contribution in [3.63, 3.8) is 0 Å². The maximum absolute atomic E-state index is 11.8. The number of aliphatic hydroxyl groups is 1. The van der Waals surface area contributed by atoms with Crippen molar-refractivity contribution in [3.05, 3.63) is 28.2 Å². The normalized spacial score (nSPS) is 21.4. The van der Waals surface area contributed by atoms with Gasteiger partial charge in [-0.25, -0.2) is 0 Å². The van der Waals surface area contributed by atoms with Crippen molar-refractivity contribution in [2.75, 3.05) is 19.7 Å². The van der Waals surface area contributed by atoms with Gasteiger partial charge in [0.25, 0.3) is 0 Å². The lowest BCUT2D eigenvalue weighted by Crippen LogP contribution is -2.35. The maximum Gasteiger partial charge on any atom is 0.223 e. The summed E-state index contributed by atoms with van der Waals surface area (Å²) in [6.07, 6.45) is 4.66. The first-order chi connectivity index (χ1) is 10.0. The molecule has 0 radical (unpaired) electrons. The number of hydrogen-bond donors (Lipinski definition) is 2. The van der Waals surface area contributed by atoms with Crippen molar-refractivity contribution in [2.24, 2.45) is 5.92 Å². The minimum Gasteiger partial charge on any atom is -0.503 e. The van der Waals surface area contributed by atoms with E-state index in [2.05, 4.69) is 11.8 Å². The molecular weight excluding hydrogens is 268 g/mol. The number of aliphatic hydroxyl groups excluding tert-OH is 1. The molecule has 5 nitrogen and oxygen atoms in total. The van der Waals surface area contributed by atoms with E-state index in [1.807, 2.05) is 11.5 Å². The van der Waals surface area contributed by atoms with Gasteiger partial charge in [-0.3, -0.25) is 9.69 Å². The fourth-order valence-corrected chi connectivity index (χ4v) is 3.12. The number of likely N-dealkylation sites (tertiary alicyclic amines) is 1. The first-order valence-corrected chi connectivity index (χ1v) is 7.82. The molecule has 21 heavy (non-hydrogen) atoms. The van der Waals surface area contributed by atoms with Gasteiger partial charge in [0.2, 0.25) is 5.43 Å². The Hall–Kier alpha value is -1.33. The summed E-state index contributed by atoms with van der Waals surface area (Å²) in [7, 11) is 0. The number of piperidine rings is 1.